The number of benzene rings is 1. The summed E-state index contributed by atoms with van der Waals surface area (Å²) < 4.78 is 7.62. The van der Waals surface area contributed by atoms with Crippen LogP contribution in [0.1, 0.15) is 31.1 Å². The number of carbonyl (C=O) groups excluding carboxylic acids is 2. The van der Waals surface area contributed by atoms with Gasteiger partial charge in [-0.25, -0.2) is 9.78 Å². The van der Waals surface area contributed by atoms with Crippen LogP contribution >= 0.6 is 0 Å². The Hall–Kier alpha value is -3.95. The third-order valence-corrected chi connectivity index (χ3v) is 5.22. The Morgan fingerprint density at radius 2 is 1.76 bits per heavy atom. The van der Waals surface area contributed by atoms with Crippen LogP contribution < -0.4 is 26.6 Å². The first-order chi connectivity index (χ1) is 15.6. The lowest BCUT2D eigenvalue weighted by Gasteiger charge is -2.22. The topological polar surface area (TPSA) is 124 Å². The predicted octanol–water partition coefficient (Wildman–Crippen LogP) is 1.42. The summed E-state index contributed by atoms with van der Waals surface area (Å²) in [5, 5.41) is 5.65. The monoisotopic (exact) mass is 453 g/mol. The van der Waals surface area contributed by atoms with Crippen LogP contribution in [0.5, 0.6) is 5.75 Å². The molecule has 0 fully saturated rings. The van der Waals surface area contributed by atoms with Gasteiger partial charge in [0.2, 0.25) is 5.91 Å². The van der Waals surface area contributed by atoms with Gasteiger partial charge in [-0.1, -0.05) is 13.8 Å². The van der Waals surface area contributed by atoms with E-state index in [1.54, 1.807) is 24.3 Å². The number of carbonyl (C=O) groups is 2. The highest BCUT2D eigenvalue weighted by atomic mass is 16.5. The number of ether oxygens (including phenoxy) is 1. The molecule has 0 aliphatic heterocycles. The molecule has 2 N–H and O–H groups in total. The Balaban J connectivity index is 1.81. The fourth-order valence-corrected chi connectivity index (χ4v) is 3.38. The van der Waals surface area contributed by atoms with Crippen LogP contribution in [0.25, 0.3) is 11.0 Å². The van der Waals surface area contributed by atoms with Crippen LogP contribution in [0.4, 0.5) is 5.69 Å². The zero-order valence-corrected chi connectivity index (χ0v) is 19.2. The van der Waals surface area contributed by atoms with Gasteiger partial charge in [-0.3, -0.25) is 23.5 Å². The van der Waals surface area contributed by atoms with Crippen molar-refractivity contribution in [2.75, 3.05) is 11.9 Å². The van der Waals surface area contributed by atoms with Gasteiger partial charge in [0.25, 0.3) is 11.5 Å². The zero-order valence-electron chi connectivity index (χ0n) is 19.2. The van der Waals surface area contributed by atoms with E-state index in [0.717, 1.165) is 4.57 Å². The van der Waals surface area contributed by atoms with Crippen molar-refractivity contribution in [2.45, 2.75) is 26.8 Å². The number of hydrogen-bond donors (Lipinski definition) is 2. The average Bonchev–Trinajstić information content (AvgIpc) is 2.80. The number of hydrogen-bond acceptors (Lipinski definition) is 6. The lowest BCUT2D eigenvalue weighted by Crippen LogP contribution is -2.47. The smallest absolute Gasteiger partial charge is 0.332 e. The minimum atomic E-state index is -0.831. The molecule has 2 aromatic heterocycles. The van der Waals surface area contributed by atoms with E-state index in [0.29, 0.717) is 17.9 Å². The van der Waals surface area contributed by atoms with Crippen LogP contribution in [0.15, 0.2) is 46.1 Å². The molecule has 10 heteroatoms. The first-order valence-electron chi connectivity index (χ1n) is 10.5. The molecule has 3 aromatic rings. The Morgan fingerprint density at radius 1 is 1.09 bits per heavy atom. The van der Waals surface area contributed by atoms with Gasteiger partial charge >= 0.3 is 5.69 Å². The molecule has 0 unspecified atom stereocenters. The number of anilines is 1. The highest BCUT2D eigenvalue weighted by Gasteiger charge is 2.25. The summed E-state index contributed by atoms with van der Waals surface area (Å²) >= 11 is 0. The third kappa shape index (κ3) is 4.94. The molecular formula is C23H27N5O5. The SMILES string of the molecule is CCOc1ccc(C(=O)N[C@H](C(=O)Nc2cnc3c(c2)c(=O)n(C)c(=O)n3C)C(C)C)cc1. The van der Waals surface area contributed by atoms with Crippen molar-refractivity contribution in [3.63, 3.8) is 0 Å². The van der Waals surface area contributed by atoms with Gasteiger partial charge in [-0.15, -0.1) is 0 Å². The summed E-state index contributed by atoms with van der Waals surface area (Å²) in [4.78, 5) is 54.4. The molecule has 0 saturated carbocycles. The summed E-state index contributed by atoms with van der Waals surface area (Å²) in [7, 11) is 2.89. The Morgan fingerprint density at radius 3 is 2.36 bits per heavy atom. The molecule has 10 nitrogen and oxygen atoms in total. The second-order valence-corrected chi connectivity index (χ2v) is 7.94. The van der Waals surface area contributed by atoms with Crippen LogP contribution in [0.2, 0.25) is 0 Å². The van der Waals surface area contributed by atoms with E-state index in [-0.39, 0.29) is 22.6 Å². The van der Waals surface area contributed by atoms with Crippen LogP contribution in [0, 0.1) is 5.92 Å². The third-order valence-electron chi connectivity index (χ3n) is 5.22. The standard InChI is InChI=1S/C23H27N5O5/c1-6-33-16-9-7-14(8-10-16)20(29)26-18(13(2)3)21(30)25-15-11-17-19(24-12-15)27(4)23(32)28(5)22(17)31/h7-13,18H,6H2,1-5H3,(H,25,30)(H,26,29)/t18-/m0/s1. The minimum absolute atomic E-state index is 0.192. The Labute approximate surface area is 190 Å². The molecule has 3 rings (SSSR count). The summed E-state index contributed by atoms with van der Waals surface area (Å²) in [6.45, 7) is 6.02. The van der Waals surface area contributed by atoms with Crippen molar-refractivity contribution >= 4 is 28.5 Å². The molecule has 174 valence electrons. The quantitative estimate of drug-likeness (QED) is 0.558. The highest BCUT2D eigenvalue weighted by molar-refractivity contribution is 6.01. The van der Waals surface area contributed by atoms with Crippen LogP contribution in [-0.2, 0) is 18.9 Å². The molecule has 0 bridgehead atoms. The summed E-state index contributed by atoms with van der Waals surface area (Å²) in [6.07, 6.45) is 1.37. The van der Waals surface area contributed by atoms with E-state index >= 15 is 0 Å². The van der Waals surface area contributed by atoms with Crippen molar-refractivity contribution in [2.24, 2.45) is 20.0 Å². The van der Waals surface area contributed by atoms with E-state index in [9.17, 15) is 19.2 Å². The minimum Gasteiger partial charge on any atom is -0.494 e. The molecule has 0 aliphatic rings. The Bertz CT molecular complexity index is 1310. The number of nitrogens with zero attached hydrogens (tertiary/aromatic N) is 3. The van der Waals surface area contributed by atoms with E-state index in [4.69, 9.17) is 4.74 Å². The van der Waals surface area contributed by atoms with Gasteiger partial charge in [-0.05, 0) is 43.2 Å². The maximum absolute atomic E-state index is 13.0. The van der Waals surface area contributed by atoms with E-state index in [1.165, 1.54) is 30.9 Å². The average molecular weight is 453 g/mol. The maximum atomic E-state index is 13.0. The fraction of sp³-hybridized carbons (Fsp3) is 0.348. The van der Waals surface area contributed by atoms with Crippen molar-refractivity contribution in [3.05, 3.63) is 62.9 Å². The fourth-order valence-electron chi connectivity index (χ4n) is 3.38. The highest BCUT2D eigenvalue weighted by Crippen LogP contribution is 2.15. The molecular weight excluding hydrogens is 426 g/mol. The maximum Gasteiger partial charge on any atom is 0.332 e. The number of aromatic nitrogens is 3. The normalized spacial score (nSPS) is 11.9. The number of amides is 2. The van der Waals surface area contributed by atoms with Gasteiger partial charge in [0.05, 0.1) is 23.9 Å². The van der Waals surface area contributed by atoms with Crippen LogP contribution in [-0.4, -0.2) is 38.6 Å². The van der Waals surface area contributed by atoms with Gasteiger partial charge in [0.15, 0.2) is 0 Å². The van der Waals surface area contributed by atoms with Crippen molar-refractivity contribution in [3.8, 4) is 5.75 Å². The predicted molar refractivity (Wildman–Crippen MR) is 125 cm³/mol. The lowest BCUT2D eigenvalue weighted by molar-refractivity contribution is -0.118. The molecule has 0 saturated heterocycles. The van der Waals surface area contributed by atoms with E-state index in [2.05, 4.69) is 15.6 Å². The number of rotatable bonds is 7. The number of nitrogens with one attached hydrogen (secondary N) is 2. The molecule has 0 radical (unpaired) electrons. The van der Waals surface area contributed by atoms with Gasteiger partial charge in [-0.2, -0.15) is 0 Å². The number of aryl methyl sites for hydroxylation is 1. The molecule has 1 aromatic carbocycles. The molecule has 2 amide bonds. The Kier molecular flexibility index (Phi) is 6.95. The second kappa shape index (κ2) is 9.68. The molecule has 0 spiro atoms. The van der Waals surface area contributed by atoms with Crippen molar-refractivity contribution < 1.29 is 14.3 Å². The van der Waals surface area contributed by atoms with Gasteiger partial charge in [0.1, 0.15) is 17.4 Å². The summed E-state index contributed by atoms with van der Waals surface area (Å²) in [5.74, 6) is -0.405. The van der Waals surface area contributed by atoms with E-state index in [1.807, 2.05) is 20.8 Å². The van der Waals surface area contributed by atoms with Crippen molar-refractivity contribution in [1.29, 1.82) is 0 Å². The van der Waals surface area contributed by atoms with Gasteiger partial charge < -0.3 is 15.4 Å². The van der Waals surface area contributed by atoms with Crippen molar-refractivity contribution in [1.82, 2.24) is 19.4 Å². The summed E-state index contributed by atoms with van der Waals surface area (Å²) in [6, 6.07) is 7.27. The largest absolute Gasteiger partial charge is 0.494 e. The van der Waals surface area contributed by atoms with E-state index < -0.39 is 29.1 Å². The summed E-state index contributed by atoms with van der Waals surface area (Å²) in [5.41, 5.74) is -0.113. The molecule has 1 atom stereocenters. The zero-order chi connectivity index (χ0) is 24.3. The molecule has 2 heterocycles. The van der Waals surface area contributed by atoms with Crippen LogP contribution in [0.3, 0.4) is 0 Å². The first kappa shape index (κ1) is 23.7. The molecule has 33 heavy (non-hydrogen) atoms. The second-order valence-electron chi connectivity index (χ2n) is 7.94. The number of pyridine rings is 1. The lowest BCUT2D eigenvalue weighted by atomic mass is 10.0. The molecule has 0 aliphatic carbocycles. The van der Waals surface area contributed by atoms with Gasteiger partial charge in [0, 0.05) is 19.7 Å². The first-order valence-corrected chi connectivity index (χ1v) is 10.5. The number of fused-ring (bicyclic) bond motifs is 1.